The third-order valence-corrected chi connectivity index (χ3v) is 4.78. The lowest BCUT2D eigenvalue weighted by molar-refractivity contribution is 0.0864. The van der Waals surface area contributed by atoms with Crippen LogP contribution in [0.25, 0.3) is 0 Å². The smallest absolute Gasteiger partial charge is 0.185 e. The molecule has 3 atom stereocenters. The van der Waals surface area contributed by atoms with Gasteiger partial charge in [-0.15, -0.1) is 0 Å². The summed E-state index contributed by atoms with van der Waals surface area (Å²) in [5.41, 5.74) is 0.748. The average molecular weight is 283 g/mol. The minimum Gasteiger partial charge on any atom is -0.292 e. The molecule has 2 aliphatic carbocycles. The van der Waals surface area contributed by atoms with Gasteiger partial charge in [0.25, 0.3) is 0 Å². The molecule has 1 aromatic rings. The van der Waals surface area contributed by atoms with E-state index in [4.69, 9.17) is 0 Å². The molecule has 2 aliphatic rings. The fraction of sp³-hybridized carbons (Fsp3) is 0.667. The average Bonchev–Trinajstić information content (AvgIpc) is 2.93. The number of rotatable bonds is 2. The van der Waals surface area contributed by atoms with Crippen molar-refractivity contribution in [1.29, 1.82) is 0 Å². The molecule has 3 unspecified atom stereocenters. The second-order valence-corrected chi connectivity index (χ2v) is 5.96. The summed E-state index contributed by atoms with van der Waals surface area (Å²) in [6.45, 7) is 0. The van der Waals surface area contributed by atoms with Crippen molar-refractivity contribution >= 4 is 21.7 Å². The molecular formula is C12H15BrN2O. The number of Topliss-reactive ketones (excluding diaryl/α,β-unsaturated/α-hetero) is 1. The maximum absolute atomic E-state index is 12.4. The van der Waals surface area contributed by atoms with Crippen LogP contribution in [0.15, 0.2) is 10.7 Å². The van der Waals surface area contributed by atoms with Gasteiger partial charge in [0.2, 0.25) is 0 Å². The van der Waals surface area contributed by atoms with Crippen molar-refractivity contribution in [3.63, 3.8) is 0 Å². The highest BCUT2D eigenvalue weighted by molar-refractivity contribution is 9.10. The first-order chi connectivity index (χ1) is 7.66. The third-order valence-electron chi connectivity index (χ3n) is 4.20. The van der Waals surface area contributed by atoms with Crippen molar-refractivity contribution in [2.45, 2.75) is 25.7 Å². The van der Waals surface area contributed by atoms with E-state index in [0.29, 0.717) is 11.7 Å². The summed E-state index contributed by atoms with van der Waals surface area (Å²) in [5.74, 6) is 2.00. The van der Waals surface area contributed by atoms with E-state index in [0.717, 1.165) is 22.5 Å². The highest BCUT2D eigenvalue weighted by Gasteiger charge is 2.44. The minimum absolute atomic E-state index is 0.255. The third kappa shape index (κ3) is 1.46. The molecule has 0 N–H and O–H groups in total. The van der Waals surface area contributed by atoms with Crippen LogP contribution in [0.3, 0.4) is 0 Å². The van der Waals surface area contributed by atoms with Crippen molar-refractivity contribution < 1.29 is 4.79 Å². The van der Waals surface area contributed by atoms with Crippen molar-refractivity contribution in [1.82, 2.24) is 9.78 Å². The Balaban J connectivity index is 1.89. The summed E-state index contributed by atoms with van der Waals surface area (Å²) in [4.78, 5) is 12.4. The molecule has 2 fully saturated rings. The first-order valence-corrected chi connectivity index (χ1v) is 6.68. The second-order valence-electron chi connectivity index (χ2n) is 5.11. The van der Waals surface area contributed by atoms with E-state index in [9.17, 15) is 4.79 Å². The van der Waals surface area contributed by atoms with Crippen LogP contribution in [0.4, 0.5) is 0 Å². The van der Waals surface area contributed by atoms with Gasteiger partial charge in [0.05, 0.1) is 10.7 Å². The molecule has 0 aliphatic heterocycles. The first kappa shape index (κ1) is 10.5. The largest absolute Gasteiger partial charge is 0.292 e. The number of carbonyl (C=O) groups excluding carboxylic acids is 1. The van der Waals surface area contributed by atoms with Crippen LogP contribution in [0.5, 0.6) is 0 Å². The molecule has 1 aromatic heterocycles. The molecule has 3 nitrogen and oxygen atoms in total. The van der Waals surface area contributed by atoms with E-state index in [1.807, 2.05) is 7.05 Å². The van der Waals surface area contributed by atoms with E-state index < -0.39 is 0 Å². The van der Waals surface area contributed by atoms with E-state index >= 15 is 0 Å². The van der Waals surface area contributed by atoms with Gasteiger partial charge in [-0.2, -0.15) is 5.10 Å². The number of ketones is 1. The fourth-order valence-electron chi connectivity index (χ4n) is 3.43. The molecule has 1 heterocycles. The lowest BCUT2D eigenvalue weighted by Crippen LogP contribution is -2.23. The van der Waals surface area contributed by atoms with Gasteiger partial charge in [-0.25, -0.2) is 0 Å². The number of hydrogen-bond acceptors (Lipinski definition) is 2. The number of aryl methyl sites for hydroxylation is 1. The summed E-state index contributed by atoms with van der Waals surface area (Å²) >= 11 is 3.41. The van der Waals surface area contributed by atoms with Gasteiger partial charge in [0.1, 0.15) is 5.69 Å². The quantitative estimate of drug-likeness (QED) is 0.782. The zero-order valence-electron chi connectivity index (χ0n) is 9.32. The summed E-state index contributed by atoms with van der Waals surface area (Å²) in [6.07, 6.45) is 6.66. The van der Waals surface area contributed by atoms with E-state index in [1.54, 1.807) is 10.9 Å². The molecule has 3 rings (SSSR count). The maximum Gasteiger partial charge on any atom is 0.185 e. The van der Waals surface area contributed by atoms with Crippen molar-refractivity contribution in [2.24, 2.45) is 24.8 Å². The predicted octanol–water partition coefficient (Wildman–Crippen LogP) is 2.80. The van der Waals surface area contributed by atoms with Crippen LogP contribution in [-0.2, 0) is 7.05 Å². The van der Waals surface area contributed by atoms with Crippen molar-refractivity contribution in [2.75, 3.05) is 0 Å². The normalized spacial score (nSPS) is 32.2. The molecule has 0 radical (unpaired) electrons. The zero-order chi connectivity index (χ0) is 11.3. The molecular weight excluding hydrogens is 268 g/mol. The van der Waals surface area contributed by atoms with Gasteiger partial charge >= 0.3 is 0 Å². The highest BCUT2D eigenvalue weighted by atomic mass is 79.9. The number of fused-ring (bicyclic) bond motifs is 2. The standard InChI is InChI=1S/C12H15BrN2O/c1-15-11(10(13)6-14-15)12(16)9-5-7-2-3-8(9)4-7/h6-9H,2-5H2,1H3. The van der Waals surface area contributed by atoms with Gasteiger partial charge in [-0.1, -0.05) is 6.42 Å². The van der Waals surface area contributed by atoms with E-state index in [1.165, 1.54) is 19.3 Å². The van der Waals surface area contributed by atoms with Crippen LogP contribution in [0.1, 0.15) is 36.2 Å². The maximum atomic E-state index is 12.4. The Kier molecular flexibility index (Phi) is 2.42. The highest BCUT2D eigenvalue weighted by Crippen LogP contribution is 2.49. The van der Waals surface area contributed by atoms with Crippen LogP contribution >= 0.6 is 15.9 Å². The van der Waals surface area contributed by atoms with Gasteiger partial charge in [-0.3, -0.25) is 9.48 Å². The van der Waals surface area contributed by atoms with E-state index in [-0.39, 0.29) is 5.92 Å². The van der Waals surface area contributed by atoms with Crippen LogP contribution in [0.2, 0.25) is 0 Å². The molecule has 16 heavy (non-hydrogen) atoms. The fourth-order valence-corrected chi connectivity index (χ4v) is 3.97. The van der Waals surface area contributed by atoms with Crippen molar-refractivity contribution in [3.05, 3.63) is 16.4 Å². The summed E-state index contributed by atoms with van der Waals surface area (Å²) in [5, 5.41) is 4.12. The molecule has 2 saturated carbocycles. The Morgan fingerprint density at radius 3 is 2.81 bits per heavy atom. The van der Waals surface area contributed by atoms with Gasteiger partial charge in [-0.05, 0) is 47.0 Å². The van der Waals surface area contributed by atoms with Crippen molar-refractivity contribution in [3.8, 4) is 0 Å². The van der Waals surface area contributed by atoms with Gasteiger partial charge in [0, 0.05) is 13.0 Å². The van der Waals surface area contributed by atoms with Crippen LogP contribution < -0.4 is 0 Å². The molecule has 4 heteroatoms. The number of aromatic nitrogens is 2. The lowest BCUT2D eigenvalue weighted by Gasteiger charge is -2.20. The molecule has 0 spiro atoms. The number of hydrogen-bond donors (Lipinski definition) is 0. The second kappa shape index (κ2) is 3.69. The molecule has 2 bridgehead atoms. The number of halogens is 1. The lowest BCUT2D eigenvalue weighted by atomic mass is 9.84. The predicted molar refractivity (Wildman–Crippen MR) is 64.2 cm³/mol. The molecule has 0 saturated heterocycles. The number of nitrogens with zero attached hydrogens (tertiary/aromatic N) is 2. The Morgan fingerprint density at radius 2 is 2.31 bits per heavy atom. The first-order valence-electron chi connectivity index (χ1n) is 5.88. The molecule has 0 amide bonds. The topological polar surface area (TPSA) is 34.9 Å². The summed E-state index contributed by atoms with van der Waals surface area (Å²) in [7, 11) is 1.84. The Bertz CT molecular complexity index is 421. The summed E-state index contributed by atoms with van der Waals surface area (Å²) in [6, 6.07) is 0. The monoisotopic (exact) mass is 282 g/mol. The van der Waals surface area contributed by atoms with E-state index in [2.05, 4.69) is 21.0 Å². The SMILES string of the molecule is Cn1ncc(Br)c1C(=O)C1CC2CCC1C2. The Morgan fingerprint density at radius 1 is 1.50 bits per heavy atom. The molecule has 86 valence electrons. The number of carbonyl (C=O) groups is 1. The Labute approximate surface area is 103 Å². The van der Waals surface area contributed by atoms with Crippen LogP contribution in [0, 0.1) is 17.8 Å². The summed E-state index contributed by atoms with van der Waals surface area (Å²) < 4.78 is 2.53. The van der Waals surface area contributed by atoms with Gasteiger partial charge in [0.15, 0.2) is 5.78 Å². The zero-order valence-corrected chi connectivity index (χ0v) is 10.9. The molecule has 0 aromatic carbocycles. The Hall–Kier alpha value is -0.640. The minimum atomic E-state index is 0.255. The van der Waals surface area contributed by atoms with Gasteiger partial charge < -0.3 is 0 Å². The van der Waals surface area contributed by atoms with Crippen LogP contribution in [-0.4, -0.2) is 15.6 Å².